The topological polar surface area (TPSA) is 35.1 Å². The minimum Gasteiger partial charge on any atom is -0.633 e. The third-order valence-electron chi connectivity index (χ3n) is 1.52. The summed E-state index contributed by atoms with van der Waals surface area (Å²) in [5, 5.41) is 14.1. The van der Waals surface area contributed by atoms with E-state index in [1.165, 1.54) is 0 Å². The van der Waals surface area contributed by atoms with Crippen LogP contribution in [-0.2, 0) is 0 Å². The van der Waals surface area contributed by atoms with E-state index in [0.29, 0.717) is 0 Å². The zero-order valence-electron chi connectivity index (χ0n) is 6.00. The molecule has 1 fully saturated rings. The number of quaternary nitrogens is 1. The highest BCUT2D eigenvalue weighted by molar-refractivity contribution is 5.85. The van der Waals surface area contributed by atoms with E-state index >= 15 is 0 Å². The van der Waals surface area contributed by atoms with Crippen LogP contribution in [-0.4, -0.2) is 37.9 Å². The molecule has 0 spiro atoms. The summed E-state index contributed by atoms with van der Waals surface area (Å²) in [6, 6.07) is 0. The first-order valence-electron chi connectivity index (χ1n) is 2.97. The van der Waals surface area contributed by atoms with E-state index in [2.05, 4.69) is 5.32 Å². The van der Waals surface area contributed by atoms with E-state index < -0.39 is 0 Å². The van der Waals surface area contributed by atoms with Crippen LogP contribution < -0.4 is 5.32 Å². The lowest BCUT2D eigenvalue weighted by atomic mass is 10.4. The van der Waals surface area contributed by atoms with Gasteiger partial charge in [0.1, 0.15) is 0 Å². The molecule has 0 saturated carbocycles. The van der Waals surface area contributed by atoms with Gasteiger partial charge in [0, 0.05) is 13.1 Å². The minimum atomic E-state index is -0.0625. The van der Waals surface area contributed by atoms with Crippen molar-refractivity contribution in [3.05, 3.63) is 5.21 Å². The van der Waals surface area contributed by atoms with Gasteiger partial charge in [-0.3, -0.25) is 0 Å². The monoisotopic (exact) mass is 188 g/mol. The Morgan fingerprint density at radius 2 is 1.60 bits per heavy atom. The van der Waals surface area contributed by atoms with Crippen molar-refractivity contribution in [1.82, 2.24) is 5.32 Å². The number of hydroxylamine groups is 3. The van der Waals surface area contributed by atoms with Crippen LogP contribution in [0.2, 0.25) is 0 Å². The van der Waals surface area contributed by atoms with E-state index in [9.17, 15) is 5.21 Å². The van der Waals surface area contributed by atoms with Crippen molar-refractivity contribution in [2.24, 2.45) is 0 Å². The molecule has 1 aliphatic heterocycles. The van der Waals surface area contributed by atoms with Crippen LogP contribution in [0.1, 0.15) is 0 Å². The molecule has 0 radical (unpaired) electrons. The van der Waals surface area contributed by atoms with Gasteiger partial charge in [0.15, 0.2) is 0 Å². The van der Waals surface area contributed by atoms with Crippen LogP contribution in [0.4, 0.5) is 0 Å². The molecule has 5 heteroatoms. The maximum absolute atomic E-state index is 11.0. The van der Waals surface area contributed by atoms with Crippen molar-refractivity contribution in [2.75, 3.05) is 33.2 Å². The number of hydrogen-bond acceptors (Lipinski definition) is 2. The molecule has 1 heterocycles. The van der Waals surface area contributed by atoms with E-state index in [1.54, 1.807) is 7.05 Å². The second kappa shape index (κ2) is 5.16. The lowest BCUT2D eigenvalue weighted by Gasteiger charge is -2.41. The summed E-state index contributed by atoms with van der Waals surface area (Å²) in [6.45, 7) is 3.19. The largest absolute Gasteiger partial charge is 0.633 e. The third-order valence-corrected chi connectivity index (χ3v) is 1.52. The van der Waals surface area contributed by atoms with Crippen molar-refractivity contribution >= 4 is 24.8 Å². The van der Waals surface area contributed by atoms with E-state index in [0.717, 1.165) is 26.2 Å². The molecule has 0 unspecified atom stereocenters. The Labute approximate surface area is 73.8 Å². The van der Waals surface area contributed by atoms with Crippen LogP contribution in [0.15, 0.2) is 0 Å². The molecule has 1 aliphatic rings. The van der Waals surface area contributed by atoms with Gasteiger partial charge in [-0.15, -0.1) is 24.8 Å². The van der Waals surface area contributed by atoms with E-state index in [-0.39, 0.29) is 29.5 Å². The Kier molecular flexibility index (Phi) is 6.74. The summed E-state index contributed by atoms with van der Waals surface area (Å²) in [5.74, 6) is 0. The van der Waals surface area contributed by atoms with Crippen LogP contribution in [0.3, 0.4) is 0 Å². The van der Waals surface area contributed by atoms with Gasteiger partial charge in [-0.25, -0.2) is 0 Å². The summed E-state index contributed by atoms with van der Waals surface area (Å²) in [7, 11) is 1.72. The Morgan fingerprint density at radius 3 is 1.80 bits per heavy atom. The fourth-order valence-electron chi connectivity index (χ4n) is 0.868. The van der Waals surface area contributed by atoms with Crippen molar-refractivity contribution in [2.45, 2.75) is 0 Å². The summed E-state index contributed by atoms with van der Waals surface area (Å²) in [4.78, 5) is 0. The number of nitrogens with zero attached hydrogens (tertiary/aromatic N) is 1. The van der Waals surface area contributed by atoms with Gasteiger partial charge in [-0.1, -0.05) is 0 Å². The molecule has 0 aromatic heterocycles. The zero-order valence-corrected chi connectivity index (χ0v) is 7.63. The smallest absolute Gasteiger partial charge is 0.0909 e. The molecule has 0 aliphatic carbocycles. The summed E-state index contributed by atoms with van der Waals surface area (Å²) in [6.07, 6.45) is 0. The molecular weight excluding hydrogens is 175 g/mol. The van der Waals surface area contributed by atoms with Crippen molar-refractivity contribution in [3.63, 3.8) is 0 Å². The average molecular weight is 189 g/mol. The number of hydrogen-bond donors (Lipinski definition) is 1. The normalized spacial score (nSPS) is 22.2. The quantitative estimate of drug-likeness (QED) is 0.441. The Balaban J connectivity index is 0. The zero-order chi connectivity index (χ0) is 6.04. The Hall–Kier alpha value is 0.460. The highest BCUT2D eigenvalue weighted by Gasteiger charge is 2.12. The lowest BCUT2D eigenvalue weighted by molar-refractivity contribution is -0.862. The first kappa shape index (κ1) is 13.1. The Bertz CT molecular complexity index is 81.7. The molecular formula is C5H14Cl2N2O. The number of piperazine rings is 1. The van der Waals surface area contributed by atoms with Crippen molar-refractivity contribution in [3.8, 4) is 0 Å². The SMILES string of the molecule is C[N+]1([O-])CCNCC1.Cl.Cl. The van der Waals surface area contributed by atoms with Gasteiger partial charge in [-0.2, -0.15) is 0 Å². The highest BCUT2D eigenvalue weighted by atomic mass is 35.5. The van der Waals surface area contributed by atoms with E-state index in [1.807, 2.05) is 0 Å². The molecule has 0 bridgehead atoms. The standard InChI is InChI=1S/C5H12N2O.2ClH/c1-7(8)4-2-6-3-5-7;;/h6H,2-5H2,1H3;2*1H. The predicted octanol–water partition coefficient (Wildman–Crippen LogP) is 0.378. The molecule has 1 saturated heterocycles. The number of likely N-dealkylation sites (N-methyl/N-ethyl adjacent to an activating group) is 1. The summed E-state index contributed by atoms with van der Waals surface area (Å²) < 4.78 is -0.0625. The summed E-state index contributed by atoms with van der Waals surface area (Å²) >= 11 is 0. The van der Waals surface area contributed by atoms with Gasteiger partial charge in [0.2, 0.25) is 0 Å². The van der Waals surface area contributed by atoms with Crippen LogP contribution in [0, 0.1) is 5.21 Å². The molecule has 0 amide bonds. The maximum Gasteiger partial charge on any atom is 0.0909 e. The predicted molar refractivity (Wildman–Crippen MR) is 46.7 cm³/mol. The van der Waals surface area contributed by atoms with Crippen molar-refractivity contribution < 1.29 is 4.65 Å². The van der Waals surface area contributed by atoms with E-state index in [4.69, 9.17) is 0 Å². The van der Waals surface area contributed by atoms with Gasteiger partial charge < -0.3 is 15.2 Å². The minimum absolute atomic E-state index is 0. The molecule has 10 heavy (non-hydrogen) atoms. The highest BCUT2D eigenvalue weighted by Crippen LogP contribution is 1.98. The van der Waals surface area contributed by atoms with Crippen LogP contribution in [0.25, 0.3) is 0 Å². The molecule has 0 aromatic carbocycles. The number of halogens is 2. The molecule has 64 valence electrons. The first-order valence-corrected chi connectivity index (χ1v) is 2.97. The average Bonchev–Trinajstić information content (AvgIpc) is 1.65. The second-order valence-corrected chi connectivity index (χ2v) is 2.49. The molecule has 0 atom stereocenters. The molecule has 0 aromatic rings. The molecule has 1 N–H and O–H groups in total. The number of rotatable bonds is 0. The van der Waals surface area contributed by atoms with Gasteiger partial charge in [-0.05, 0) is 0 Å². The fraction of sp³-hybridized carbons (Fsp3) is 1.00. The Morgan fingerprint density at radius 1 is 1.20 bits per heavy atom. The molecule has 3 nitrogen and oxygen atoms in total. The summed E-state index contributed by atoms with van der Waals surface area (Å²) in [5.41, 5.74) is 0. The maximum atomic E-state index is 11.0. The van der Waals surface area contributed by atoms with Crippen molar-refractivity contribution in [1.29, 1.82) is 0 Å². The van der Waals surface area contributed by atoms with Gasteiger partial charge >= 0.3 is 0 Å². The van der Waals surface area contributed by atoms with Gasteiger partial charge in [0.25, 0.3) is 0 Å². The number of nitrogens with one attached hydrogen (secondary N) is 1. The second-order valence-electron chi connectivity index (χ2n) is 2.49. The third kappa shape index (κ3) is 4.30. The first-order chi connectivity index (χ1) is 3.71. The van der Waals surface area contributed by atoms with Crippen LogP contribution in [0.5, 0.6) is 0 Å². The fourth-order valence-corrected chi connectivity index (χ4v) is 0.868. The molecule has 1 rings (SSSR count). The van der Waals surface area contributed by atoms with Crippen LogP contribution >= 0.6 is 24.8 Å². The lowest BCUT2D eigenvalue weighted by Crippen LogP contribution is -2.51. The van der Waals surface area contributed by atoms with Gasteiger partial charge in [0.05, 0.1) is 20.1 Å².